The van der Waals surface area contributed by atoms with Crippen LogP contribution in [0.3, 0.4) is 0 Å². The predicted molar refractivity (Wildman–Crippen MR) is 127 cm³/mol. The van der Waals surface area contributed by atoms with Gasteiger partial charge in [0.1, 0.15) is 0 Å². The van der Waals surface area contributed by atoms with Gasteiger partial charge in [0.2, 0.25) is 0 Å². The summed E-state index contributed by atoms with van der Waals surface area (Å²) >= 11 is 3.16. The molecule has 0 unspecified atom stereocenters. The van der Waals surface area contributed by atoms with Gasteiger partial charge in [0.15, 0.2) is 14.6 Å². The number of rotatable bonds is 9. The molecule has 0 saturated carbocycles. The number of benzene rings is 2. The summed E-state index contributed by atoms with van der Waals surface area (Å²) in [5.41, 5.74) is 1.76. The van der Waals surface area contributed by atoms with E-state index in [0.717, 1.165) is 20.7 Å². The Bertz CT molecular complexity index is 1230. The van der Waals surface area contributed by atoms with Gasteiger partial charge in [-0.15, -0.1) is 11.8 Å². The lowest BCUT2D eigenvalue weighted by molar-refractivity contribution is -0.117. The predicted octanol–water partition coefficient (Wildman–Crippen LogP) is 3.92. The van der Waals surface area contributed by atoms with Crippen molar-refractivity contribution in [2.75, 3.05) is 25.2 Å². The van der Waals surface area contributed by atoms with Crippen molar-refractivity contribution in [2.45, 2.75) is 36.6 Å². The number of carbonyl (C=O) groups excluding carboxylic acids is 1. The van der Waals surface area contributed by atoms with Gasteiger partial charge >= 0.3 is 0 Å². The third kappa shape index (κ3) is 5.85. The van der Waals surface area contributed by atoms with Gasteiger partial charge < -0.3 is 9.30 Å². The van der Waals surface area contributed by atoms with Gasteiger partial charge in [0.25, 0.3) is 5.91 Å². The number of fused-ring (bicyclic) bond motifs is 1. The largest absolute Gasteiger partial charge is 0.380 e. The molecule has 1 heterocycles. The average Bonchev–Trinajstić information content (AvgIpc) is 3.10. The number of hydrogen-bond donors (Lipinski definition) is 0. The van der Waals surface area contributed by atoms with Crippen LogP contribution >= 0.6 is 23.1 Å². The summed E-state index contributed by atoms with van der Waals surface area (Å²) in [5.74, 6) is -0.222. The van der Waals surface area contributed by atoms with Gasteiger partial charge in [-0.25, -0.2) is 8.42 Å². The van der Waals surface area contributed by atoms with Crippen molar-refractivity contribution in [1.29, 1.82) is 0 Å². The third-order valence-corrected chi connectivity index (χ3v) is 8.31. The lowest BCUT2D eigenvalue weighted by atomic mass is 10.1. The Balaban J connectivity index is 1.89. The number of sulfone groups is 1. The Morgan fingerprint density at radius 2 is 1.90 bits per heavy atom. The number of hydrogen-bond acceptors (Lipinski definition) is 6. The Morgan fingerprint density at radius 3 is 2.55 bits per heavy atom. The molecule has 2 aromatic carbocycles. The number of ether oxygens (including phenoxy) is 1. The second kappa shape index (κ2) is 10.6. The van der Waals surface area contributed by atoms with Crippen LogP contribution in [0.1, 0.15) is 19.4 Å². The van der Waals surface area contributed by atoms with E-state index in [1.165, 1.54) is 11.3 Å². The summed E-state index contributed by atoms with van der Waals surface area (Å²) in [7, 11) is -3.25. The van der Waals surface area contributed by atoms with Gasteiger partial charge in [-0.05, 0) is 49.1 Å². The normalized spacial score (nSPS) is 12.5. The number of thioether (sulfide) groups is 1. The fourth-order valence-electron chi connectivity index (χ4n) is 3.08. The third-order valence-electron chi connectivity index (χ3n) is 4.79. The zero-order valence-corrected chi connectivity index (χ0v) is 20.3. The van der Waals surface area contributed by atoms with Gasteiger partial charge in [-0.2, -0.15) is 4.99 Å². The van der Waals surface area contributed by atoms with Crippen LogP contribution in [0.25, 0.3) is 10.2 Å². The lowest BCUT2D eigenvalue weighted by Gasteiger charge is -2.06. The fraction of sp³-hybridized carbons (Fsp3) is 0.364. The first-order valence-corrected chi connectivity index (χ1v) is 13.7. The highest BCUT2D eigenvalue weighted by Gasteiger charge is 2.12. The molecule has 3 aromatic rings. The summed E-state index contributed by atoms with van der Waals surface area (Å²) in [5, 5.41) is 0. The van der Waals surface area contributed by atoms with E-state index in [9.17, 15) is 13.2 Å². The molecule has 0 N–H and O–H groups in total. The first-order chi connectivity index (χ1) is 14.9. The number of aromatic nitrogens is 1. The molecule has 0 aliphatic carbocycles. The van der Waals surface area contributed by atoms with Crippen LogP contribution in [-0.4, -0.2) is 44.1 Å². The van der Waals surface area contributed by atoms with Crippen molar-refractivity contribution in [3.8, 4) is 0 Å². The molecule has 0 aliphatic rings. The molecule has 0 aliphatic heterocycles. The molecule has 6 nitrogen and oxygen atoms in total. The van der Waals surface area contributed by atoms with E-state index >= 15 is 0 Å². The molecule has 1 amide bonds. The minimum Gasteiger partial charge on any atom is -0.380 e. The van der Waals surface area contributed by atoms with Crippen LogP contribution in [0.2, 0.25) is 0 Å². The lowest BCUT2D eigenvalue weighted by Crippen LogP contribution is -2.20. The number of thiazole rings is 1. The van der Waals surface area contributed by atoms with E-state index in [4.69, 9.17) is 4.74 Å². The first-order valence-electron chi connectivity index (χ1n) is 10.0. The minimum absolute atomic E-state index is 0.0482. The number of carbonyl (C=O) groups is 1. The molecular weight excluding hydrogens is 452 g/mol. The summed E-state index contributed by atoms with van der Waals surface area (Å²) in [6.07, 6.45) is 2.14. The van der Waals surface area contributed by atoms with Gasteiger partial charge in [-0.3, -0.25) is 4.79 Å². The SMILES string of the molecule is CCOCCn1c(=NC(=O)Cc2ccc(S(=O)(=O)CC)cc2)sc2cc(SC)ccc21. The molecule has 0 saturated heterocycles. The van der Waals surface area contributed by atoms with Crippen molar-refractivity contribution < 1.29 is 17.9 Å². The molecule has 166 valence electrons. The van der Waals surface area contributed by atoms with E-state index in [2.05, 4.69) is 23.2 Å². The van der Waals surface area contributed by atoms with Crippen molar-refractivity contribution in [2.24, 2.45) is 4.99 Å². The average molecular weight is 479 g/mol. The van der Waals surface area contributed by atoms with Gasteiger partial charge in [0, 0.05) is 18.0 Å². The smallest absolute Gasteiger partial charge is 0.252 e. The monoisotopic (exact) mass is 478 g/mol. The molecule has 9 heteroatoms. The quantitative estimate of drug-likeness (QED) is 0.344. The molecule has 1 aromatic heterocycles. The molecule has 0 spiro atoms. The second-order valence-electron chi connectivity index (χ2n) is 6.80. The topological polar surface area (TPSA) is 77.7 Å². The zero-order valence-electron chi connectivity index (χ0n) is 17.8. The molecule has 0 fully saturated rings. The van der Waals surface area contributed by atoms with Crippen LogP contribution in [-0.2, 0) is 32.3 Å². The minimum atomic E-state index is -3.25. The van der Waals surface area contributed by atoms with E-state index in [-0.39, 0.29) is 23.0 Å². The maximum absolute atomic E-state index is 12.7. The molecular formula is C22H26N2O4S3. The van der Waals surface area contributed by atoms with Crippen LogP contribution in [0.5, 0.6) is 0 Å². The maximum Gasteiger partial charge on any atom is 0.252 e. The molecule has 0 bridgehead atoms. The summed E-state index contributed by atoms with van der Waals surface area (Å²) in [6.45, 7) is 5.35. The standard InChI is InChI=1S/C22H26N2O4S3/c1-4-28-13-12-24-19-11-8-17(29-3)15-20(19)30-22(24)23-21(25)14-16-6-9-18(10-7-16)31(26,27)5-2/h6-11,15H,4-5,12-14H2,1-3H3. The zero-order chi connectivity index (χ0) is 22.4. The van der Waals surface area contributed by atoms with E-state index in [1.54, 1.807) is 43.0 Å². The maximum atomic E-state index is 12.7. The van der Waals surface area contributed by atoms with E-state index in [1.807, 2.05) is 17.7 Å². The van der Waals surface area contributed by atoms with Crippen LogP contribution in [0.4, 0.5) is 0 Å². The fourth-order valence-corrected chi connectivity index (χ4v) is 5.60. The Morgan fingerprint density at radius 1 is 1.16 bits per heavy atom. The second-order valence-corrected chi connectivity index (χ2v) is 11.0. The Hall–Kier alpha value is -1.94. The van der Waals surface area contributed by atoms with E-state index < -0.39 is 9.84 Å². The first kappa shape index (κ1) is 23.7. The highest BCUT2D eigenvalue weighted by atomic mass is 32.2. The molecule has 0 radical (unpaired) electrons. The Kier molecular flexibility index (Phi) is 8.10. The highest BCUT2D eigenvalue weighted by Crippen LogP contribution is 2.24. The summed E-state index contributed by atoms with van der Waals surface area (Å²) in [6, 6.07) is 12.7. The van der Waals surface area contributed by atoms with Crippen LogP contribution in [0, 0.1) is 0 Å². The highest BCUT2D eigenvalue weighted by molar-refractivity contribution is 7.98. The van der Waals surface area contributed by atoms with Crippen molar-refractivity contribution in [1.82, 2.24) is 4.57 Å². The molecule has 3 rings (SSSR count). The van der Waals surface area contributed by atoms with Gasteiger partial charge in [-0.1, -0.05) is 30.4 Å². The molecule has 31 heavy (non-hydrogen) atoms. The molecule has 0 atom stereocenters. The number of amides is 1. The summed E-state index contributed by atoms with van der Waals surface area (Å²) < 4.78 is 32.5. The van der Waals surface area contributed by atoms with Crippen LogP contribution in [0.15, 0.2) is 57.2 Å². The van der Waals surface area contributed by atoms with Crippen molar-refractivity contribution in [3.63, 3.8) is 0 Å². The Labute approximate surface area is 190 Å². The summed E-state index contributed by atoms with van der Waals surface area (Å²) in [4.78, 5) is 19.1. The number of nitrogens with zero attached hydrogens (tertiary/aromatic N) is 2. The van der Waals surface area contributed by atoms with Crippen LogP contribution < -0.4 is 4.80 Å². The van der Waals surface area contributed by atoms with Crippen molar-refractivity contribution in [3.05, 3.63) is 52.8 Å². The van der Waals surface area contributed by atoms with E-state index in [0.29, 0.717) is 24.6 Å². The van der Waals surface area contributed by atoms with Gasteiger partial charge in [0.05, 0.1) is 33.9 Å². The van der Waals surface area contributed by atoms with Crippen molar-refractivity contribution >= 4 is 49.1 Å².